The smallest absolute Gasteiger partial charge is 0.252 e. The lowest BCUT2D eigenvalue weighted by Gasteiger charge is -2.08. The maximum absolute atomic E-state index is 13.4. The number of amides is 3. The number of rotatable bonds is 8. The van der Waals surface area contributed by atoms with E-state index in [0.717, 1.165) is 0 Å². The SMILES string of the molecule is Cc1ccc(C(=O)NCCNC(=O)CCNC(=O)c2ccsc2)cc1F. The fraction of sp³-hybridized carbons (Fsp3) is 0.278. The van der Waals surface area contributed by atoms with Gasteiger partial charge in [0.2, 0.25) is 5.91 Å². The first kappa shape index (κ1) is 19.6. The molecule has 138 valence electrons. The molecule has 1 aromatic carbocycles. The van der Waals surface area contributed by atoms with Crippen LogP contribution in [0.1, 0.15) is 32.7 Å². The molecule has 0 radical (unpaired) electrons. The Hall–Kier alpha value is -2.74. The lowest BCUT2D eigenvalue weighted by molar-refractivity contribution is -0.120. The monoisotopic (exact) mass is 377 g/mol. The zero-order chi connectivity index (χ0) is 18.9. The van der Waals surface area contributed by atoms with Crippen molar-refractivity contribution in [3.63, 3.8) is 0 Å². The van der Waals surface area contributed by atoms with Gasteiger partial charge in [-0.1, -0.05) is 6.07 Å². The first-order valence-corrected chi connectivity index (χ1v) is 9.03. The van der Waals surface area contributed by atoms with Crippen LogP contribution in [0.25, 0.3) is 0 Å². The van der Waals surface area contributed by atoms with E-state index in [1.807, 2.05) is 0 Å². The average Bonchev–Trinajstić information content (AvgIpc) is 3.15. The number of hydrogen-bond donors (Lipinski definition) is 3. The normalized spacial score (nSPS) is 10.2. The molecule has 0 saturated carbocycles. The van der Waals surface area contributed by atoms with Crippen LogP contribution in [-0.4, -0.2) is 37.4 Å². The molecular weight excluding hydrogens is 357 g/mol. The van der Waals surface area contributed by atoms with E-state index in [9.17, 15) is 18.8 Å². The van der Waals surface area contributed by atoms with Crippen LogP contribution in [0.4, 0.5) is 4.39 Å². The van der Waals surface area contributed by atoms with Crippen molar-refractivity contribution in [2.45, 2.75) is 13.3 Å². The summed E-state index contributed by atoms with van der Waals surface area (Å²) in [7, 11) is 0. The second-order valence-electron chi connectivity index (χ2n) is 5.59. The molecule has 3 N–H and O–H groups in total. The molecule has 2 rings (SSSR count). The summed E-state index contributed by atoms with van der Waals surface area (Å²) in [5.74, 6) is -1.28. The molecule has 2 aromatic rings. The summed E-state index contributed by atoms with van der Waals surface area (Å²) in [6, 6.07) is 5.97. The quantitative estimate of drug-likeness (QED) is 0.614. The number of halogens is 1. The number of thiophene rings is 1. The van der Waals surface area contributed by atoms with E-state index in [1.165, 1.54) is 23.5 Å². The van der Waals surface area contributed by atoms with Gasteiger partial charge >= 0.3 is 0 Å². The molecule has 26 heavy (non-hydrogen) atoms. The molecule has 0 unspecified atom stereocenters. The molecule has 0 atom stereocenters. The number of hydrogen-bond acceptors (Lipinski definition) is 4. The van der Waals surface area contributed by atoms with Gasteiger partial charge in [0.1, 0.15) is 5.82 Å². The molecule has 0 saturated heterocycles. The van der Waals surface area contributed by atoms with Gasteiger partial charge in [-0.15, -0.1) is 0 Å². The molecule has 0 spiro atoms. The van der Waals surface area contributed by atoms with Gasteiger partial charge in [-0.25, -0.2) is 4.39 Å². The van der Waals surface area contributed by atoms with Crippen LogP contribution in [0.15, 0.2) is 35.0 Å². The van der Waals surface area contributed by atoms with Crippen molar-refractivity contribution in [1.29, 1.82) is 0 Å². The number of aryl methyl sites for hydroxylation is 1. The Morgan fingerprint density at radius 1 is 0.962 bits per heavy atom. The molecule has 0 aliphatic carbocycles. The molecule has 6 nitrogen and oxygen atoms in total. The third-order valence-corrected chi connectivity index (χ3v) is 4.27. The highest BCUT2D eigenvalue weighted by molar-refractivity contribution is 7.08. The van der Waals surface area contributed by atoms with Crippen LogP contribution in [0, 0.1) is 12.7 Å². The van der Waals surface area contributed by atoms with Crippen molar-refractivity contribution in [1.82, 2.24) is 16.0 Å². The molecule has 1 aromatic heterocycles. The minimum atomic E-state index is -0.435. The summed E-state index contributed by atoms with van der Waals surface area (Å²) in [5.41, 5.74) is 1.28. The number of benzene rings is 1. The van der Waals surface area contributed by atoms with Crippen LogP contribution < -0.4 is 16.0 Å². The van der Waals surface area contributed by atoms with E-state index in [4.69, 9.17) is 0 Å². The predicted molar refractivity (Wildman–Crippen MR) is 97.7 cm³/mol. The Morgan fingerprint density at radius 2 is 1.65 bits per heavy atom. The summed E-state index contributed by atoms with van der Waals surface area (Å²) in [6.07, 6.45) is 0.146. The van der Waals surface area contributed by atoms with Crippen LogP contribution in [0.3, 0.4) is 0 Å². The fourth-order valence-corrected chi connectivity index (χ4v) is 2.72. The van der Waals surface area contributed by atoms with Crippen LogP contribution >= 0.6 is 11.3 Å². The molecule has 0 bridgehead atoms. The Morgan fingerprint density at radius 3 is 2.35 bits per heavy atom. The van der Waals surface area contributed by atoms with Crippen LogP contribution in [0.5, 0.6) is 0 Å². The van der Waals surface area contributed by atoms with Crippen molar-refractivity contribution in [2.24, 2.45) is 0 Å². The number of carbonyl (C=O) groups is 3. The Bertz CT molecular complexity index is 778. The summed E-state index contributed by atoms with van der Waals surface area (Å²) in [6.45, 7) is 2.32. The van der Waals surface area contributed by atoms with Crippen molar-refractivity contribution in [2.75, 3.05) is 19.6 Å². The Kier molecular flexibility index (Phi) is 7.28. The van der Waals surface area contributed by atoms with Crippen molar-refractivity contribution >= 4 is 29.1 Å². The maximum atomic E-state index is 13.4. The van der Waals surface area contributed by atoms with Gasteiger partial charge in [-0.3, -0.25) is 14.4 Å². The lowest BCUT2D eigenvalue weighted by Crippen LogP contribution is -2.36. The van der Waals surface area contributed by atoms with E-state index in [1.54, 1.807) is 29.8 Å². The maximum Gasteiger partial charge on any atom is 0.252 e. The third kappa shape index (κ3) is 5.96. The minimum Gasteiger partial charge on any atom is -0.354 e. The first-order chi connectivity index (χ1) is 12.5. The van der Waals surface area contributed by atoms with Gasteiger partial charge in [0.05, 0.1) is 0 Å². The lowest BCUT2D eigenvalue weighted by atomic mass is 10.1. The van der Waals surface area contributed by atoms with Gasteiger partial charge < -0.3 is 16.0 Å². The van der Waals surface area contributed by atoms with Gasteiger partial charge in [0.15, 0.2) is 0 Å². The highest BCUT2D eigenvalue weighted by Crippen LogP contribution is 2.08. The Balaban J connectivity index is 1.60. The van der Waals surface area contributed by atoms with Gasteiger partial charge in [-0.2, -0.15) is 11.3 Å². The highest BCUT2D eigenvalue weighted by atomic mass is 32.1. The zero-order valence-electron chi connectivity index (χ0n) is 14.3. The summed E-state index contributed by atoms with van der Waals surface area (Å²) < 4.78 is 13.4. The second kappa shape index (κ2) is 9.67. The first-order valence-electron chi connectivity index (χ1n) is 8.09. The van der Waals surface area contributed by atoms with E-state index in [-0.39, 0.29) is 43.4 Å². The highest BCUT2D eigenvalue weighted by Gasteiger charge is 2.09. The fourth-order valence-electron chi connectivity index (χ4n) is 2.09. The van der Waals surface area contributed by atoms with E-state index in [0.29, 0.717) is 11.1 Å². The number of carbonyl (C=O) groups excluding carboxylic acids is 3. The molecule has 8 heteroatoms. The Labute approximate surface area is 154 Å². The number of nitrogens with one attached hydrogen (secondary N) is 3. The van der Waals surface area contributed by atoms with Crippen molar-refractivity contribution in [3.8, 4) is 0 Å². The zero-order valence-corrected chi connectivity index (χ0v) is 15.1. The van der Waals surface area contributed by atoms with Crippen LogP contribution in [-0.2, 0) is 4.79 Å². The van der Waals surface area contributed by atoms with Gasteiger partial charge in [0, 0.05) is 42.6 Å². The van der Waals surface area contributed by atoms with E-state index >= 15 is 0 Å². The summed E-state index contributed by atoms with van der Waals surface area (Å²) in [5, 5.41) is 11.4. The molecular formula is C18H20FN3O3S. The minimum absolute atomic E-state index is 0.146. The van der Waals surface area contributed by atoms with Crippen LogP contribution in [0.2, 0.25) is 0 Å². The summed E-state index contributed by atoms with van der Waals surface area (Å²) >= 11 is 1.43. The third-order valence-electron chi connectivity index (χ3n) is 3.59. The topological polar surface area (TPSA) is 87.3 Å². The second-order valence-corrected chi connectivity index (χ2v) is 6.37. The molecule has 3 amide bonds. The van der Waals surface area contributed by atoms with Gasteiger partial charge in [0.25, 0.3) is 11.8 Å². The molecule has 0 aliphatic rings. The molecule has 0 fully saturated rings. The van der Waals surface area contributed by atoms with Crippen molar-refractivity contribution in [3.05, 3.63) is 57.5 Å². The standard InChI is InChI=1S/C18H20FN3O3S/c1-12-2-3-13(10-15(12)19)17(24)22-8-7-20-16(23)4-6-21-18(25)14-5-9-26-11-14/h2-3,5,9-11H,4,6-8H2,1H3,(H,20,23)(H,21,25)(H,22,24). The molecule has 1 heterocycles. The molecule has 0 aliphatic heterocycles. The van der Waals surface area contributed by atoms with E-state index in [2.05, 4.69) is 16.0 Å². The van der Waals surface area contributed by atoms with Crippen molar-refractivity contribution < 1.29 is 18.8 Å². The average molecular weight is 377 g/mol. The van der Waals surface area contributed by atoms with Gasteiger partial charge in [-0.05, 0) is 36.1 Å². The largest absolute Gasteiger partial charge is 0.354 e. The van der Waals surface area contributed by atoms with E-state index < -0.39 is 11.7 Å². The predicted octanol–water partition coefficient (Wildman–Crippen LogP) is 1.86. The summed E-state index contributed by atoms with van der Waals surface area (Å²) in [4.78, 5) is 35.3.